The summed E-state index contributed by atoms with van der Waals surface area (Å²) in [6, 6.07) is 11.1. The van der Waals surface area contributed by atoms with E-state index < -0.39 is 0 Å². The van der Waals surface area contributed by atoms with E-state index in [-0.39, 0.29) is 11.3 Å². The van der Waals surface area contributed by atoms with E-state index in [9.17, 15) is 4.79 Å². The topological polar surface area (TPSA) is 41.6 Å². The second-order valence-corrected chi connectivity index (χ2v) is 7.83. The molecule has 1 aromatic rings. The van der Waals surface area contributed by atoms with E-state index in [2.05, 4.69) is 47.6 Å². The van der Waals surface area contributed by atoms with Gasteiger partial charge in [-0.15, -0.1) is 0 Å². The highest BCUT2D eigenvalue weighted by Crippen LogP contribution is 2.44. The zero-order chi connectivity index (χ0) is 17.7. The first-order chi connectivity index (χ1) is 12.2. The van der Waals surface area contributed by atoms with Crippen molar-refractivity contribution in [1.29, 1.82) is 0 Å². The number of amides is 1. The molecule has 1 saturated heterocycles. The first kappa shape index (κ1) is 18.4. The van der Waals surface area contributed by atoms with Gasteiger partial charge in [0.05, 0.1) is 5.41 Å². The van der Waals surface area contributed by atoms with E-state index in [0.29, 0.717) is 18.6 Å². The van der Waals surface area contributed by atoms with Gasteiger partial charge >= 0.3 is 0 Å². The minimum absolute atomic E-state index is 0.168. The molecular formula is C21H32N2O2. The molecule has 1 N–H and O–H groups in total. The van der Waals surface area contributed by atoms with Crippen LogP contribution in [0.15, 0.2) is 30.3 Å². The number of ether oxygens (including phenoxy) is 1. The second-order valence-electron chi connectivity index (χ2n) is 7.83. The van der Waals surface area contributed by atoms with Crippen LogP contribution in [-0.4, -0.2) is 44.7 Å². The average molecular weight is 344 g/mol. The Morgan fingerprint density at radius 1 is 1.28 bits per heavy atom. The summed E-state index contributed by atoms with van der Waals surface area (Å²) in [6.45, 7) is 2.57. The molecular weight excluding hydrogens is 312 g/mol. The Morgan fingerprint density at radius 3 is 2.68 bits per heavy atom. The molecule has 4 nitrogen and oxygen atoms in total. The van der Waals surface area contributed by atoms with Gasteiger partial charge in [0.2, 0.25) is 5.91 Å². The predicted octanol–water partition coefficient (Wildman–Crippen LogP) is 3.39. The maximum Gasteiger partial charge on any atom is 0.226 e. The molecule has 25 heavy (non-hydrogen) atoms. The van der Waals surface area contributed by atoms with Crippen molar-refractivity contribution in [1.82, 2.24) is 10.2 Å². The van der Waals surface area contributed by atoms with Gasteiger partial charge in [0.15, 0.2) is 0 Å². The van der Waals surface area contributed by atoms with Crippen LogP contribution in [0, 0.1) is 11.3 Å². The predicted molar refractivity (Wildman–Crippen MR) is 100 cm³/mol. The van der Waals surface area contributed by atoms with Crippen LogP contribution in [0.5, 0.6) is 0 Å². The first-order valence-electron chi connectivity index (χ1n) is 9.69. The van der Waals surface area contributed by atoms with E-state index in [1.54, 1.807) is 7.11 Å². The summed E-state index contributed by atoms with van der Waals surface area (Å²) in [6.07, 6.45) is 6.41. The number of hydrogen-bond donors (Lipinski definition) is 1. The van der Waals surface area contributed by atoms with Crippen LogP contribution in [0.25, 0.3) is 0 Å². The minimum Gasteiger partial charge on any atom is -0.385 e. The van der Waals surface area contributed by atoms with Gasteiger partial charge in [-0.05, 0) is 57.2 Å². The summed E-state index contributed by atoms with van der Waals surface area (Å²) in [4.78, 5) is 15.3. The van der Waals surface area contributed by atoms with Crippen molar-refractivity contribution >= 4 is 5.91 Å². The van der Waals surface area contributed by atoms with Crippen molar-refractivity contribution in [3.8, 4) is 0 Å². The van der Waals surface area contributed by atoms with Crippen molar-refractivity contribution in [2.75, 3.05) is 33.9 Å². The van der Waals surface area contributed by atoms with Gasteiger partial charge in [0.25, 0.3) is 0 Å². The first-order valence-corrected chi connectivity index (χ1v) is 9.69. The molecule has 2 fully saturated rings. The monoisotopic (exact) mass is 344 g/mol. The Hall–Kier alpha value is -1.39. The number of nitrogens with one attached hydrogen (secondary N) is 1. The van der Waals surface area contributed by atoms with Crippen LogP contribution in [-0.2, 0) is 9.53 Å². The number of piperidine rings is 1. The third kappa shape index (κ3) is 4.06. The summed E-state index contributed by atoms with van der Waals surface area (Å²) in [5, 5.41) is 3.30. The Bertz CT molecular complexity index is 556. The maximum absolute atomic E-state index is 12.8. The minimum atomic E-state index is -0.168. The molecule has 0 aromatic heterocycles. The number of rotatable bonds is 7. The molecule has 0 bridgehead atoms. The lowest BCUT2D eigenvalue weighted by Gasteiger charge is -2.42. The van der Waals surface area contributed by atoms with E-state index in [1.165, 1.54) is 18.4 Å². The summed E-state index contributed by atoms with van der Waals surface area (Å²) >= 11 is 0. The van der Waals surface area contributed by atoms with Gasteiger partial charge in [-0.1, -0.05) is 36.8 Å². The normalized spacial score (nSPS) is 26.0. The molecule has 1 aliphatic heterocycles. The third-order valence-corrected chi connectivity index (χ3v) is 6.25. The van der Waals surface area contributed by atoms with Crippen LogP contribution < -0.4 is 5.32 Å². The number of benzene rings is 1. The van der Waals surface area contributed by atoms with E-state index in [0.717, 1.165) is 38.8 Å². The molecule has 0 unspecified atom stereocenters. The molecule has 2 aliphatic rings. The molecule has 1 aromatic carbocycles. The van der Waals surface area contributed by atoms with E-state index >= 15 is 0 Å². The molecule has 2 atom stereocenters. The van der Waals surface area contributed by atoms with Crippen molar-refractivity contribution in [2.45, 2.75) is 44.6 Å². The molecule has 1 amide bonds. The Balaban J connectivity index is 1.63. The van der Waals surface area contributed by atoms with Crippen molar-refractivity contribution < 1.29 is 9.53 Å². The van der Waals surface area contributed by atoms with Gasteiger partial charge in [0, 0.05) is 26.3 Å². The van der Waals surface area contributed by atoms with Crippen LogP contribution in [0.4, 0.5) is 0 Å². The molecule has 1 aliphatic carbocycles. The van der Waals surface area contributed by atoms with Crippen LogP contribution in [0.1, 0.15) is 50.1 Å². The number of methoxy groups -OCH3 is 1. The highest BCUT2D eigenvalue weighted by atomic mass is 16.5. The summed E-state index contributed by atoms with van der Waals surface area (Å²) in [5.74, 6) is 0.723. The van der Waals surface area contributed by atoms with Gasteiger partial charge in [-0.25, -0.2) is 0 Å². The Morgan fingerprint density at radius 2 is 2.04 bits per heavy atom. The molecule has 138 valence electrons. The summed E-state index contributed by atoms with van der Waals surface area (Å²) in [5.41, 5.74) is 1.19. The van der Waals surface area contributed by atoms with Crippen LogP contribution in [0.3, 0.4) is 0 Å². The standard InChI is InChI=1S/C21H32N2O2/c1-23-14-6-10-18(19(23)17-8-4-3-5-9-17)16-22-20(24)21(11-7-12-21)13-15-25-2/h3-5,8-9,18-19H,6-7,10-16H2,1-2H3,(H,22,24)/t18-,19+/m0/s1. The number of hydrogen-bond acceptors (Lipinski definition) is 3. The summed E-state index contributed by atoms with van der Waals surface area (Å²) in [7, 11) is 3.92. The average Bonchev–Trinajstić information content (AvgIpc) is 2.60. The molecule has 3 rings (SSSR count). The molecule has 1 heterocycles. The van der Waals surface area contributed by atoms with E-state index in [1.807, 2.05) is 0 Å². The Kier molecular flexibility index (Phi) is 6.13. The maximum atomic E-state index is 12.8. The lowest BCUT2D eigenvalue weighted by atomic mass is 9.66. The molecule has 0 radical (unpaired) electrons. The fourth-order valence-electron chi connectivity index (χ4n) is 4.55. The SMILES string of the molecule is COCCC1(C(=O)NC[C@@H]2CCCN(C)[C@@H]2c2ccccc2)CCC1. The highest BCUT2D eigenvalue weighted by Gasteiger charge is 2.43. The zero-order valence-electron chi connectivity index (χ0n) is 15.7. The number of carbonyl (C=O) groups is 1. The summed E-state index contributed by atoms with van der Waals surface area (Å²) < 4.78 is 5.22. The number of nitrogens with zero attached hydrogens (tertiary/aromatic N) is 1. The second kappa shape index (κ2) is 8.33. The Labute approximate surface area is 151 Å². The lowest BCUT2D eigenvalue weighted by molar-refractivity contribution is -0.137. The fraction of sp³-hybridized carbons (Fsp3) is 0.667. The van der Waals surface area contributed by atoms with Gasteiger partial charge in [0.1, 0.15) is 0 Å². The fourth-order valence-corrected chi connectivity index (χ4v) is 4.55. The molecule has 1 saturated carbocycles. The molecule has 4 heteroatoms. The smallest absolute Gasteiger partial charge is 0.226 e. The largest absolute Gasteiger partial charge is 0.385 e. The number of likely N-dealkylation sites (tertiary alicyclic amines) is 1. The van der Waals surface area contributed by atoms with Crippen molar-refractivity contribution in [2.24, 2.45) is 11.3 Å². The van der Waals surface area contributed by atoms with Gasteiger partial charge in [-0.3, -0.25) is 9.69 Å². The van der Waals surface area contributed by atoms with Crippen LogP contribution >= 0.6 is 0 Å². The van der Waals surface area contributed by atoms with Crippen molar-refractivity contribution in [3.63, 3.8) is 0 Å². The molecule has 0 spiro atoms. The quantitative estimate of drug-likeness (QED) is 0.824. The van der Waals surface area contributed by atoms with Crippen molar-refractivity contribution in [3.05, 3.63) is 35.9 Å². The van der Waals surface area contributed by atoms with Crippen LogP contribution in [0.2, 0.25) is 0 Å². The van der Waals surface area contributed by atoms with E-state index in [4.69, 9.17) is 4.74 Å². The third-order valence-electron chi connectivity index (χ3n) is 6.25. The highest BCUT2D eigenvalue weighted by molar-refractivity contribution is 5.83. The number of carbonyl (C=O) groups excluding carboxylic acids is 1. The lowest BCUT2D eigenvalue weighted by Crippen LogP contribution is -2.49. The van der Waals surface area contributed by atoms with Gasteiger partial charge < -0.3 is 10.1 Å². The van der Waals surface area contributed by atoms with Gasteiger partial charge in [-0.2, -0.15) is 0 Å². The zero-order valence-corrected chi connectivity index (χ0v) is 15.7.